The summed E-state index contributed by atoms with van der Waals surface area (Å²) in [6, 6.07) is 14.7. The number of benzene rings is 3. The number of amides is 1. The standard InChI is InChI=1S/C29H23N5O5S/c1-16-31-28-25(21-11-4-5-12-24(21)40-28)29(37)33(16)19-9-6-8-18(13-19)27(36)32-30-15-22-20-10-3-2-7-17(20)14-23(26(22)35)34(38)39/h2-3,6-10,13-15,35H,4-5,11-12H2,1H3,(H,32,36)/b30-15+. The van der Waals surface area contributed by atoms with Gasteiger partial charge >= 0.3 is 5.69 Å². The fraction of sp³-hybridized carbons (Fsp3) is 0.172. The second kappa shape index (κ2) is 10.0. The van der Waals surface area contributed by atoms with Crippen LogP contribution in [0.3, 0.4) is 0 Å². The molecule has 5 aromatic rings. The number of hydrogen-bond acceptors (Lipinski definition) is 8. The van der Waals surface area contributed by atoms with Crippen molar-refractivity contribution in [2.45, 2.75) is 32.6 Å². The molecular weight excluding hydrogens is 530 g/mol. The van der Waals surface area contributed by atoms with Crippen molar-refractivity contribution in [2.75, 3.05) is 0 Å². The molecule has 1 aliphatic carbocycles. The zero-order valence-corrected chi connectivity index (χ0v) is 22.2. The van der Waals surface area contributed by atoms with E-state index in [9.17, 15) is 24.8 Å². The Morgan fingerprint density at radius 2 is 1.98 bits per heavy atom. The number of hydrazone groups is 1. The van der Waals surface area contributed by atoms with Gasteiger partial charge in [0.05, 0.1) is 27.8 Å². The highest BCUT2D eigenvalue weighted by molar-refractivity contribution is 7.18. The van der Waals surface area contributed by atoms with E-state index >= 15 is 0 Å². The lowest BCUT2D eigenvalue weighted by Crippen LogP contribution is -2.23. The minimum Gasteiger partial charge on any atom is -0.502 e. The van der Waals surface area contributed by atoms with E-state index in [0.29, 0.717) is 27.7 Å². The lowest BCUT2D eigenvalue weighted by atomic mass is 9.97. The van der Waals surface area contributed by atoms with Gasteiger partial charge in [0.15, 0.2) is 0 Å². The smallest absolute Gasteiger partial charge is 0.312 e. The van der Waals surface area contributed by atoms with Gasteiger partial charge in [-0.05, 0) is 67.1 Å². The van der Waals surface area contributed by atoms with Crippen LogP contribution in [-0.4, -0.2) is 31.7 Å². The fourth-order valence-corrected chi connectivity index (χ4v) is 6.53. The Hall–Kier alpha value is -4.90. The van der Waals surface area contributed by atoms with Crippen LogP contribution >= 0.6 is 11.3 Å². The number of nitrogens with zero attached hydrogens (tertiary/aromatic N) is 4. The summed E-state index contributed by atoms with van der Waals surface area (Å²) in [7, 11) is 0. The van der Waals surface area contributed by atoms with E-state index in [1.807, 2.05) is 0 Å². The minimum atomic E-state index is -0.675. The summed E-state index contributed by atoms with van der Waals surface area (Å²) in [5.74, 6) is -0.572. The van der Waals surface area contributed by atoms with Crippen molar-refractivity contribution in [1.29, 1.82) is 0 Å². The molecule has 0 aliphatic heterocycles. The Labute approximate surface area is 231 Å². The van der Waals surface area contributed by atoms with Crippen molar-refractivity contribution < 1.29 is 14.8 Å². The molecule has 0 bridgehead atoms. The third-order valence-electron chi connectivity index (χ3n) is 7.12. The van der Waals surface area contributed by atoms with E-state index < -0.39 is 22.3 Å². The number of carbonyl (C=O) groups excluding carboxylic acids is 1. The van der Waals surface area contributed by atoms with Gasteiger partial charge in [0.1, 0.15) is 10.7 Å². The number of rotatable bonds is 5. The first-order valence-electron chi connectivity index (χ1n) is 12.7. The number of hydrogen-bond donors (Lipinski definition) is 2. The summed E-state index contributed by atoms with van der Waals surface area (Å²) < 4.78 is 1.53. The lowest BCUT2D eigenvalue weighted by molar-refractivity contribution is -0.385. The number of fused-ring (bicyclic) bond motifs is 4. The second-order valence-corrected chi connectivity index (χ2v) is 10.7. The Balaban J connectivity index is 1.32. The molecule has 40 heavy (non-hydrogen) atoms. The third-order valence-corrected chi connectivity index (χ3v) is 8.31. The van der Waals surface area contributed by atoms with Gasteiger partial charge in [0.25, 0.3) is 11.5 Å². The van der Waals surface area contributed by atoms with E-state index in [1.54, 1.807) is 66.8 Å². The summed E-state index contributed by atoms with van der Waals surface area (Å²) in [6.45, 7) is 1.77. The molecule has 0 saturated heterocycles. The van der Waals surface area contributed by atoms with Gasteiger partial charge in [-0.1, -0.05) is 30.3 Å². The molecule has 10 nitrogen and oxygen atoms in total. The largest absolute Gasteiger partial charge is 0.502 e. The molecule has 0 spiro atoms. The van der Waals surface area contributed by atoms with Crippen LogP contribution in [0.5, 0.6) is 5.75 Å². The summed E-state index contributed by atoms with van der Waals surface area (Å²) in [5, 5.41) is 27.6. The van der Waals surface area contributed by atoms with E-state index in [0.717, 1.165) is 36.1 Å². The van der Waals surface area contributed by atoms with Gasteiger partial charge in [-0.15, -0.1) is 11.3 Å². The fourth-order valence-electron chi connectivity index (χ4n) is 5.24. The number of thiophene rings is 1. The summed E-state index contributed by atoms with van der Waals surface area (Å²) in [6.07, 6.45) is 5.18. The number of phenols is 1. The van der Waals surface area contributed by atoms with E-state index in [4.69, 9.17) is 4.98 Å². The Morgan fingerprint density at radius 1 is 1.18 bits per heavy atom. The van der Waals surface area contributed by atoms with Crippen LogP contribution in [0.25, 0.3) is 26.7 Å². The lowest BCUT2D eigenvalue weighted by Gasteiger charge is -2.12. The SMILES string of the molecule is Cc1nc2sc3c(c2c(=O)n1-c1cccc(C(=O)N/N=C/c2c(O)c([N+](=O)[O-])cc4ccccc24)c1)CCCC3. The van der Waals surface area contributed by atoms with Gasteiger partial charge in [0, 0.05) is 16.5 Å². The minimum absolute atomic E-state index is 0.111. The molecule has 11 heteroatoms. The molecular formula is C29H23N5O5S. The first-order chi connectivity index (χ1) is 19.3. The second-order valence-electron chi connectivity index (χ2n) is 9.58. The maximum Gasteiger partial charge on any atom is 0.312 e. The van der Waals surface area contributed by atoms with Crippen LogP contribution in [-0.2, 0) is 12.8 Å². The predicted octanol–water partition coefficient (Wildman–Crippen LogP) is 5.17. The molecule has 6 rings (SSSR count). The molecule has 0 unspecified atom stereocenters. The van der Waals surface area contributed by atoms with Crippen LogP contribution in [0.4, 0.5) is 5.69 Å². The van der Waals surface area contributed by atoms with Gasteiger partial charge in [-0.2, -0.15) is 5.10 Å². The third kappa shape index (κ3) is 4.30. The molecule has 0 atom stereocenters. The molecule has 2 aromatic heterocycles. The van der Waals surface area contributed by atoms with Gasteiger partial charge in [-0.3, -0.25) is 24.3 Å². The van der Waals surface area contributed by atoms with Crippen molar-refractivity contribution >= 4 is 50.1 Å². The van der Waals surface area contributed by atoms with Crippen molar-refractivity contribution in [2.24, 2.45) is 5.10 Å². The number of aromatic nitrogens is 2. The van der Waals surface area contributed by atoms with Gasteiger partial charge in [-0.25, -0.2) is 10.4 Å². The van der Waals surface area contributed by atoms with Crippen LogP contribution < -0.4 is 11.0 Å². The molecule has 200 valence electrons. The predicted molar refractivity (Wildman–Crippen MR) is 154 cm³/mol. The Kier molecular flexibility index (Phi) is 6.35. The normalized spacial score (nSPS) is 13.1. The van der Waals surface area contributed by atoms with Crippen molar-refractivity contribution in [3.63, 3.8) is 0 Å². The zero-order chi connectivity index (χ0) is 28.0. The quantitative estimate of drug-likeness (QED) is 0.175. The van der Waals surface area contributed by atoms with Crippen LogP contribution in [0.1, 0.15) is 45.0 Å². The van der Waals surface area contributed by atoms with Crippen molar-refractivity contribution in [3.05, 3.63) is 102 Å². The first kappa shape index (κ1) is 25.4. The Bertz CT molecular complexity index is 1940. The topological polar surface area (TPSA) is 140 Å². The first-order valence-corrected chi connectivity index (χ1v) is 13.5. The summed E-state index contributed by atoms with van der Waals surface area (Å²) in [4.78, 5) is 44.1. The van der Waals surface area contributed by atoms with Crippen LogP contribution in [0.2, 0.25) is 0 Å². The zero-order valence-electron chi connectivity index (χ0n) is 21.4. The number of carbonyl (C=O) groups is 1. The average molecular weight is 554 g/mol. The van der Waals surface area contributed by atoms with Crippen molar-refractivity contribution in [3.8, 4) is 11.4 Å². The van der Waals surface area contributed by atoms with Crippen LogP contribution in [0.15, 0.2) is 64.5 Å². The van der Waals surface area contributed by atoms with Crippen molar-refractivity contribution in [1.82, 2.24) is 15.0 Å². The maximum absolute atomic E-state index is 13.6. The number of nitro benzene ring substituents is 1. The number of aryl methyl sites for hydroxylation is 3. The highest BCUT2D eigenvalue weighted by Crippen LogP contribution is 2.36. The highest BCUT2D eigenvalue weighted by Gasteiger charge is 2.22. The summed E-state index contributed by atoms with van der Waals surface area (Å²) in [5.41, 5.74) is 3.77. The molecule has 1 amide bonds. The van der Waals surface area contributed by atoms with E-state index in [1.165, 1.54) is 21.7 Å². The Morgan fingerprint density at radius 3 is 2.80 bits per heavy atom. The number of nitrogens with one attached hydrogen (secondary N) is 1. The monoisotopic (exact) mass is 553 g/mol. The van der Waals surface area contributed by atoms with Gasteiger partial charge < -0.3 is 5.11 Å². The van der Waals surface area contributed by atoms with Crippen LogP contribution in [0, 0.1) is 17.0 Å². The number of aromatic hydroxyl groups is 1. The molecule has 0 radical (unpaired) electrons. The molecule has 0 saturated carbocycles. The molecule has 1 aliphatic rings. The molecule has 3 aromatic carbocycles. The number of nitro groups is 1. The average Bonchev–Trinajstić information content (AvgIpc) is 3.32. The molecule has 0 fully saturated rings. The molecule has 2 heterocycles. The maximum atomic E-state index is 13.6. The summed E-state index contributed by atoms with van der Waals surface area (Å²) >= 11 is 1.59. The van der Waals surface area contributed by atoms with E-state index in [-0.39, 0.29) is 16.7 Å². The highest BCUT2D eigenvalue weighted by atomic mass is 32.1. The number of phenolic OH excluding ortho intramolecular Hbond substituents is 1. The van der Waals surface area contributed by atoms with Gasteiger partial charge in [0.2, 0.25) is 5.75 Å². The van der Waals surface area contributed by atoms with E-state index in [2.05, 4.69) is 10.5 Å². The molecule has 2 N–H and O–H groups in total.